The SMILES string of the molecule is Nc1ccccc1C(=O)c1ccccc1.O=C(c1ccccc1)c1ccc(O)cc1.O=C(c1ccccc1)c1ccccc1. The molecule has 6 rings (SSSR count). The molecule has 0 fully saturated rings. The maximum Gasteiger partial charge on any atom is 0.195 e. The predicted octanol–water partition coefficient (Wildman–Crippen LogP) is 8.04. The number of anilines is 1. The summed E-state index contributed by atoms with van der Waals surface area (Å²) >= 11 is 0. The van der Waals surface area contributed by atoms with Gasteiger partial charge in [-0.05, 0) is 36.4 Å². The molecular formula is C39H31NO4. The van der Waals surface area contributed by atoms with Crippen molar-refractivity contribution in [1.82, 2.24) is 0 Å². The molecule has 0 radical (unpaired) electrons. The summed E-state index contributed by atoms with van der Waals surface area (Å²) in [5, 5.41) is 9.10. The summed E-state index contributed by atoms with van der Waals surface area (Å²) in [5.74, 6) is 0.176. The molecular weight excluding hydrogens is 546 g/mol. The van der Waals surface area contributed by atoms with Gasteiger partial charge in [0.05, 0.1) is 0 Å². The Balaban J connectivity index is 0.000000151. The van der Waals surface area contributed by atoms with E-state index in [9.17, 15) is 14.4 Å². The Labute approximate surface area is 256 Å². The van der Waals surface area contributed by atoms with Gasteiger partial charge < -0.3 is 10.8 Å². The number of nitrogens with two attached hydrogens (primary N) is 1. The number of phenols is 1. The number of nitrogen functional groups attached to an aromatic ring is 1. The number of rotatable bonds is 6. The van der Waals surface area contributed by atoms with Crippen molar-refractivity contribution in [2.45, 2.75) is 0 Å². The topological polar surface area (TPSA) is 97.5 Å². The number of carbonyl (C=O) groups excluding carboxylic acids is 3. The van der Waals surface area contributed by atoms with Crippen LogP contribution in [0, 0.1) is 0 Å². The minimum Gasteiger partial charge on any atom is -0.508 e. The monoisotopic (exact) mass is 577 g/mol. The number of aromatic hydroxyl groups is 1. The van der Waals surface area contributed by atoms with Crippen molar-refractivity contribution in [3.05, 3.63) is 203 Å². The fraction of sp³-hybridized carbons (Fsp3) is 0. The lowest BCUT2D eigenvalue weighted by Gasteiger charge is -2.03. The van der Waals surface area contributed by atoms with E-state index < -0.39 is 0 Å². The van der Waals surface area contributed by atoms with Gasteiger partial charge in [0.15, 0.2) is 17.3 Å². The van der Waals surface area contributed by atoms with Crippen molar-refractivity contribution < 1.29 is 19.5 Å². The first-order valence-electron chi connectivity index (χ1n) is 13.9. The highest BCUT2D eigenvalue weighted by Gasteiger charge is 2.10. The molecule has 5 nitrogen and oxygen atoms in total. The molecule has 0 aliphatic heterocycles. The molecule has 0 atom stereocenters. The van der Waals surface area contributed by atoms with Crippen LogP contribution in [-0.4, -0.2) is 22.5 Å². The summed E-state index contributed by atoms with van der Waals surface area (Å²) in [6.07, 6.45) is 0. The zero-order valence-electron chi connectivity index (χ0n) is 23.9. The number of benzene rings is 6. The molecule has 0 heterocycles. The van der Waals surface area contributed by atoms with E-state index >= 15 is 0 Å². The summed E-state index contributed by atoms with van der Waals surface area (Å²) in [7, 11) is 0. The van der Waals surface area contributed by atoms with Gasteiger partial charge in [0.2, 0.25) is 0 Å². The molecule has 0 saturated heterocycles. The molecule has 0 spiro atoms. The Morgan fingerprint density at radius 1 is 0.364 bits per heavy atom. The normalized spacial score (nSPS) is 9.82. The van der Waals surface area contributed by atoms with E-state index in [0.29, 0.717) is 27.9 Å². The van der Waals surface area contributed by atoms with Crippen LogP contribution < -0.4 is 5.73 Å². The van der Waals surface area contributed by atoms with Crippen molar-refractivity contribution in [3.8, 4) is 5.75 Å². The quantitative estimate of drug-likeness (QED) is 0.154. The highest BCUT2D eigenvalue weighted by Crippen LogP contribution is 2.16. The molecule has 216 valence electrons. The van der Waals surface area contributed by atoms with Gasteiger partial charge in [-0.15, -0.1) is 0 Å². The van der Waals surface area contributed by atoms with Crippen LogP contribution in [0.2, 0.25) is 0 Å². The second kappa shape index (κ2) is 15.8. The standard InChI is InChI=1S/C13H11NO.C13H10O2.C13H10O/c14-12-9-5-4-8-11(12)13(15)10-6-2-1-3-7-10;14-12-8-6-11(7-9-12)13(15)10-4-2-1-3-5-10;14-13(11-7-3-1-4-8-11)12-9-5-2-6-10-12/h1-9H,14H2;1-9,14H;1-10H. The van der Waals surface area contributed by atoms with Crippen LogP contribution in [0.3, 0.4) is 0 Å². The van der Waals surface area contributed by atoms with E-state index in [2.05, 4.69) is 0 Å². The molecule has 0 aromatic heterocycles. The third-order valence-electron chi connectivity index (χ3n) is 6.48. The van der Waals surface area contributed by atoms with Crippen LogP contribution in [0.25, 0.3) is 0 Å². The van der Waals surface area contributed by atoms with E-state index in [0.717, 1.165) is 11.1 Å². The van der Waals surface area contributed by atoms with Crippen molar-refractivity contribution in [1.29, 1.82) is 0 Å². The van der Waals surface area contributed by atoms with Gasteiger partial charge in [-0.2, -0.15) is 0 Å². The summed E-state index contributed by atoms with van der Waals surface area (Å²) in [6, 6.07) is 50.2. The molecule has 6 aromatic rings. The Bertz CT molecular complexity index is 1740. The van der Waals surface area contributed by atoms with Crippen LogP contribution >= 0.6 is 0 Å². The van der Waals surface area contributed by atoms with E-state index in [1.807, 2.05) is 109 Å². The highest BCUT2D eigenvalue weighted by molar-refractivity contribution is 6.12. The average Bonchev–Trinajstić information content (AvgIpc) is 3.10. The first-order chi connectivity index (χ1) is 21.4. The molecule has 0 unspecified atom stereocenters. The number of hydrogen-bond acceptors (Lipinski definition) is 5. The third-order valence-corrected chi connectivity index (χ3v) is 6.48. The zero-order chi connectivity index (χ0) is 31.1. The van der Waals surface area contributed by atoms with Gasteiger partial charge in [-0.3, -0.25) is 14.4 Å². The smallest absolute Gasteiger partial charge is 0.195 e. The van der Waals surface area contributed by atoms with Crippen LogP contribution in [0.15, 0.2) is 170 Å². The second-order valence-corrected chi connectivity index (χ2v) is 9.59. The molecule has 0 aliphatic carbocycles. The lowest BCUT2D eigenvalue weighted by molar-refractivity contribution is 0.103. The lowest BCUT2D eigenvalue weighted by Crippen LogP contribution is -2.04. The molecule has 44 heavy (non-hydrogen) atoms. The minimum absolute atomic E-state index is 0.0319. The Hall–Kier alpha value is -6.07. The largest absolute Gasteiger partial charge is 0.508 e. The van der Waals surface area contributed by atoms with E-state index in [-0.39, 0.29) is 23.1 Å². The maximum atomic E-state index is 12.0. The fourth-order valence-corrected chi connectivity index (χ4v) is 4.16. The van der Waals surface area contributed by atoms with Gasteiger partial charge in [0, 0.05) is 39.1 Å². The molecule has 0 amide bonds. The summed E-state index contributed by atoms with van der Waals surface area (Å²) in [4.78, 5) is 35.7. The Morgan fingerprint density at radius 2 is 0.659 bits per heavy atom. The van der Waals surface area contributed by atoms with Crippen molar-refractivity contribution in [2.75, 3.05) is 5.73 Å². The molecule has 0 aliphatic rings. The summed E-state index contributed by atoms with van der Waals surface area (Å²) in [5.41, 5.74) is 10.2. The van der Waals surface area contributed by atoms with E-state index in [4.69, 9.17) is 10.8 Å². The van der Waals surface area contributed by atoms with Gasteiger partial charge in [0.25, 0.3) is 0 Å². The number of carbonyl (C=O) groups is 3. The van der Waals surface area contributed by atoms with Crippen molar-refractivity contribution in [2.24, 2.45) is 0 Å². The highest BCUT2D eigenvalue weighted by atomic mass is 16.3. The molecule has 0 bridgehead atoms. The lowest BCUT2D eigenvalue weighted by atomic mass is 10.0. The maximum absolute atomic E-state index is 12.0. The number of para-hydroxylation sites is 1. The van der Waals surface area contributed by atoms with Crippen LogP contribution in [0.4, 0.5) is 5.69 Å². The van der Waals surface area contributed by atoms with Gasteiger partial charge >= 0.3 is 0 Å². The summed E-state index contributed by atoms with van der Waals surface area (Å²) in [6.45, 7) is 0. The van der Waals surface area contributed by atoms with E-state index in [1.54, 1.807) is 48.5 Å². The average molecular weight is 578 g/mol. The summed E-state index contributed by atoms with van der Waals surface area (Å²) < 4.78 is 0. The third kappa shape index (κ3) is 8.71. The molecule has 6 aromatic carbocycles. The van der Waals surface area contributed by atoms with Crippen molar-refractivity contribution in [3.63, 3.8) is 0 Å². The van der Waals surface area contributed by atoms with Crippen LogP contribution in [0.1, 0.15) is 47.8 Å². The van der Waals surface area contributed by atoms with E-state index in [1.165, 1.54) is 12.1 Å². The zero-order valence-corrected chi connectivity index (χ0v) is 23.9. The molecule has 3 N–H and O–H groups in total. The van der Waals surface area contributed by atoms with Gasteiger partial charge in [-0.25, -0.2) is 0 Å². The predicted molar refractivity (Wildman–Crippen MR) is 175 cm³/mol. The number of hydrogen-bond donors (Lipinski definition) is 2. The second-order valence-electron chi connectivity index (χ2n) is 9.59. The first kappa shape index (κ1) is 30.9. The number of ketones is 3. The van der Waals surface area contributed by atoms with Crippen LogP contribution in [-0.2, 0) is 0 Å². The fourth-order valence-electron chi connectivity index (χ4n) is 4.16. The Morgan fingerprint density at radius 3 is 1.02 bits per heavy atom. The van der Waals surface area contributed by atoms with Gasteiger partial charge in [-0.1, -0.05) is 133 Å². The molecule has 5 heteroatoms. The minimum atomic E-state index is -0.0336. The van der Waals surface area contributed by atoms with Gasteiger partial charge in [0.1, 0.15) is 5.75 Å². The van der Waals surface area contributed by atoms with Crippen molar-refractivity contribution >= 4 is 23.0 Å². The Kier molecular flexibility index (Phi) is 11.1. The number of phenolic OH excluding ortho intramolecular Hbond substituents is 1. The first-order valence-corrected chi connectivity index (χ1v) is 13.9. The van der Waals surface area contributed by atoms with Crippen LogP contribution in [0.5, 0.6) is 5.75 Å². The molecule has 0 saturated carbocycles.